The van der Waals surface area contributed by atoms with Gasteiger partial charge in [0.05, 0.1) is 4.91 Å². The van der Waals surface area contributed by atoms with Gasteiger partial charge in [0.1, 0.15) is 12.3 Å². The quantitative estimate of drug-likeness (QED) is 0.708. The van der Waals surface area contributed by atoms with Gasteiger partial charge in [0.15, 0.2) is 6.61 Å². The van der Waals surface area contributed by atoms with Gasteiger partial charge in [0.2, 0.25) is 5.91 Å². The second kappa shape index (κ2) is 9.13. The second-order valence-electron chi connectivity index (χ2n) is 7.08. The molecule has 0 aromatic heterocycles. The third-order valence-electron chi connectivity index (χ3n) is 4.84. The number of ether oxygens (including phenoxy) is 1. The molecular weight excluding hydrogens is 396 g/mol. The molecule has 0 radical (unpaired) electrons. The molecule has 2 heterocycles. The van der Waals surface area contributed by atoms with Crippen molar-refractivity contribution in [3.8, 4) is 5.75 Å². The Balaban J connectivity index is 1.62. The minimum absolute atomic E-state index is 0.208. The van der Waals surface area contributed by atoms with E-state index in [1.807, 2.05) is 0 Å². The van der Waals surface area contributed by atoms with Crippen LogP contribution in [-0.4, -0.2) is 64.2 Å². The molecule has 2 saturated heterocycles. The Morgan fingerprint density at radius 3 is 2.48 bits per heavy atom. The highest BCUT2D eigenvalue weighted by Gasteiger charge is 2.37. The van der Waals surface area contributed by atoms with E-state index in [0.29, 0.717) is 30.3 Å². The number of nitrogens with zero attached hydrogens (tertiary/aromatic N) is 2. The van der Waals surface area contributed by atoms with Crippen LogP contribution >= 0.6 is 11.8 Å². The molecule has 0 saturated carbocycles. The van der Waals surface area contributed by atoms with Gasteiger partial charge in [-0.05, 0) is 54.3 Å². The Labute approximate surface area is 172 Å². The Morgan fingerprint density at radius 2 is 1.86 bits per heavy atom. The SMILES string of the molecule is CC1CCN(C(=O)CN2C(=O)SC(=Cc3ccc(OCC(=O)O)cc3)C2=O)CC1. The van der Waals surface area contributed by atoms with Crippen molar-refractivity contribution in [3.63, 3.8) is 0 Å². The van der Waals surface area contributed by atoms with Crippen LogP contribution in [0.4, 0.5) is 4.79 Å². The van der Waals surface area contributed by atoms with Gasteiger partial charge < -0.3 is 14.7 Å². The van der Waals surface area contributed by atoms with Gasteiger partial charge in [-0.15, -0.1) is 0 Å². The number of rotatable bonds is 6. The number of likely N-dealkylation sites (tertiary alicyclic amines) is 1. The summed E-state index contributed by atoms with van der Waals surface area (Å²) in [7, 11) is 0. The zero-order valence-electron chi connectivity index (χ0n) is 16.0. The third-order valence-corrected chi connectivity index (χ3v) is 5.75. The molecule has 0 spiro atoms. The summed E-state index contributed by atoms with van der Waals surface area (Å²) in [5.41, 5.74) is 0.662. The summed E-state index contributed by atoms with van der Waals surface area (Å²) in [4.78, 5) is 50.8. The summed E-state index contributed by atoms with van der Waals surface area (Å²) in [5, 5.41) is 8.16. The molecule has 0 unspecified atom stereocenters. The van der Waals surface area contributed by atoms with Crippen LogP contribution in [0.25, 0.3) is 6.08 Å². The summed E-state index contributed by atoms with van der Waals surface area (Å²) >= 11 is 0.803. The molecule has 8 nitrogen and oxygen atoms in total. The monoisotopic (exact) mass is 418 g/mol. The fraction of sp³-hybridized carbons (Fsp3) is 0.400. The van der Waals surface area contributed by atoms with Crippen LogP contribution in [0.3, 0.4) is 0 Å². The Bertz CT molecular complexity index is 843. The van der Waals surface area contributed by atoms with E-state index in [1.165, 1.54) is 0 Å². The summed E-state index contributed by atoms with van der Waals surface area (Å²) in [6, 6.07) is 6.48. The first kappa shape index (κ1) is 20.9. The highest BCUT2D eigenvalue weighted by molar-refractivity contribution is 8.18. The fourth-order valence-electron chi connectivity index (χ4n) is 3.09. The molecule has 1 aromatic rings. The summed E-state index contributed by atoms with van der Waals surface area (Å²) in [6.45, 7) is 2.78. The Kier molecular flexibility index (Phi) is 6.58. The predicted octanol–water partition coefficient (Wildman–Crippen LogP) is 2.44. The van der Waals surface area contributed by atoms with Crippen LogP contribution in [0, 0.1) is 5.92 Å². The molecule has 0 aliphatic carbocycles. The zero-order valence-corrected chi connectivity index (χ0v) is 16.8. The van der Waals surface area contributed by atoms with Gasteiger partial charge in [-0.25, -0.2) is 4.79 Å². The van der Waals surface area contributed by atoms with Crippen LogP contribution in [0.15, 0.2) is 29.2 Å². The number of hydrogen-bond donors (Lipinski definition) is 1. The van der Waals surface area contributed by atoms with Gasteiger partial charge in [-0.1, -0.05) is 19.1 Å². The normalized spacial score (nSPS) is 19.1. The summed E-state index contributed by atoms with van der Waals surface area (Å²) in [6.07, 6.45) is 3.43. The maximum atomic E-state index is 12.6. The number of carboxylic acid groups (broad SMARTS) is 1. The third kappa shape index (κ3) is 5.38. The van der Waals surface area contributed by atoms with Crippen molar-refractivity contribution in [1.82, 2.24) is 9.80 Å². The van der Waals surface area contributed by atoms with Gasteiger partial charge >= 0.3 is 5.97 Å². The van der Waals surface area contributed by atoms with Crippen molar-refractivity contribution in [2.75, 3.05) is 26.2 Å². The molecule has 0 atom stereocenters. The molecular formula is C20H22N2O6S. The van der Waals surface area contributed by atoms with E-state index in [1.54, 1.807) is 35.2 Å². The van der Waals surface area contributed by atoms with E-state index in [9.17, 15) is 19.2 Å². The molecule has 9 heteroatoms. The largest absolute Gasteiger partial charge is 0.482 e. The van der Waals surface area contributed by atoms with Gasteiger partial charge in [-0.3, -0.25) is 19.3 Å². The van der Waals surface area contributed by atoms with Crippen LogP contribution in [0.1, 0.15) is 25.3 Å². The van der Waals surface area contributed by atoms with Crippen molar-refractivity contribution < 1.29 is 29.0 Å². The van der Waals surface area contributed by atoms with Crippen molar-refractivity contribution >= 4 is 40.9 Å². The summed E-state index contributed by atoms with van der Waals surface area (Å²) in [5.74, 6) is -0.791. The van der Waals surface area contributed by atoms with E-state index in [-0.39, 0.29) is 17.4 Å². The topological polar surface area (TPSA) is 104 Å². The van der Waals surface area contributed by atoms with Gasteiger partial charge in [0.25, 0.3) is 11.1 Å². The first-order valence-corrected chi connectivity index (χ1v) is 10.1. The minimum Gasteiger partial charge on any atom is -0.482 e. The first-order valence-electron chi connectivity index (χ1n) is 9.31. The second-order valence-corrected chi connectivity index (χ2v) is 8.08. The molecule has 154 valence electrons. The lowest BCUT2D eigenvalue weighted by molar-refractivity contribution is -0.139. The van der Waals surface area contributed by atoms with Crippen LogP contribution in [-0.2, 0) is 14.4 Å². The number of imide groups is 1. The van der Waals surface area contributed by atoms with Gasteiger partial charge in [0, 0.05) is 13.1 Å². The number of aliphatic carboxylic acids is 1. The molecule has 1 N–H and O–H groups in total. The first-order chi connectivity index (χ1) is 13.8. The number of hydrogen-bond acceptors (Lipinski definition) is 6. The van der Waals surface area contributed by atoms with Crippen molar-refractivity contribution in [2.45, 2.75) is 19.8 Å². The lowest BCUT2D eigenvalue weighted by atomic mass is 9.99. The number of carboxylic acids is 1. The molecule has 3 amide bonds. The molecule has 0 bridgehead atoms. The van der Waals surface area contributed by atoms with Crippen LogP contribution in [0.5, 0.6) is 5.75 Å². The van der Waals surface area contributed by atoms with E-state index in [2.05, 4.69) is 6.92 Å². The number of thioether (sulfide) groups is 1. The highest BCUT2D eigenvalue weighted by Crippen LogP contribution is 2.32. The minimum atomic E-state index is -1.07. The van der Waals surface area contributed by atoms with E-state index in [4.69, 9.17) is 9.84 Å². The van der Waals surface area contributed by atoms with Crippen molar-refractivity contribution in [3.05, 3.63) is 34.7 Å². The standard InChI is InChI=1S/C20H22N2O6S/c1-13-6-8-21(9-7-13)17(23)11-22-19(26)16(29-20(22)27)10-14-2-4-15(5-3-14)28-12-18(24)25/h2-5,10,13H,6-9,11-12H2,1H3,(H,24,25). The number of carbonyl (C=O) groups excluding carboxylic acids is 3. The zero-order chi connectivity index (χ0) is 21.0. The number of piperidine rings is 1. The van der Waals surface area contributed by atoms with Crippen LogP contribution < -0.4 is 4.74 Å². The number of benzene rings is 1. The molecule has 2 aliphatic rings. The smallest absolute Gasteiger partial charge is 0.341 e. The highest BCUT2D eigenvalue weighted by atomic mass is 32.2. The maximum Gasteiger partial charge on any atom is 0.341 e. The molecule has 1 aromatic carbocycles. The lowest BCUT2D eigenvalue weighted by Gasteiger charge is -2.31. The molecule has 2 fully saturated rings. The van der Waals surface area contributed by atoms with Crippen molar-refractivity contribution in [2.24, 2.45) is 5.92 Å². The van der Waals surface area contributed by atoms with E-state index in [0.717, 1.165) is 29.5 Å². The average Bonchev–Trinajstić information content (AvgIpc) is 2.95. The fourth-order valence-corrected chi connectivity index (χ4v) is 3.92. The summed E-state index contributed by atoms with van der Waals surface area (Å²) < 4.78 is 5.06. The number of carbonyl (C=O) groups is 4. The lowest BCUT2D eigenvalue weighted by Crippen LogP contribution is -2.45. The average molecular weight is 418 g/mol. The Morgan fingerprint density at radius 1 is 1.21 bits per heavy atom. The van der Waals surface area contributed by atoms with Gasteiger partial charge in [-0.2, -0.15) is 0 Å². The maximum absolute atomic E-state index is 12.6. The molecule has 2 aliphatic heterocycles. The molecule has 3 rings (SSSR count). The van der Waals surface area contributed by atoms with E-state index >= 15 is 0 Å². The van der Waals surface area contributed by atoms with E-state index < -0.39 is 23.7 Å². The number of amides is 3. The van der Waals surface area contributed by atoms with Crippen LogP contribution in [0.2, 0.25) is 0 Å². The van der Waals surface area contributed by atoms with Crippen molar-refractivity contribution in [1.29, 1.82) is 0 Å². The predicted molar refractivity (Wildman–Crippen MR) is 107 cm³/mol. The molecule has 29 heavy (non-hydrogen) atoms. The Hall–Kier alpha value is -2.81.